The smallest absolute Gasteiger partial charge is 0.345 e. The van der Waals surface area contributed by atoms with Gasteiger partial charge in [-0.2, -0.15) is 8.78 Å². The Bertz CT molecular complexity index is 272. The Morgan fingerprint density at radius 3 is 2.18 bits per heavy atom. The SMILES string of the molecule is CC(C)(C)OC(=O)C[C@@H](COC(F)F)C(=O)O. The molecule has 7 heteroatoms. The fraction of sp³-hybridized carbons (Fsp3) is 0.800. The van der Waals surface area contributed by atoms with Gasteiger partial charge in [0.1, 0.15) is 5.60 Å². The van der Waals surface area contributed by atoms with Crippen LogP contribution in [0, 0.1) is 5.92 Å². The van der Waals surface area contributed by atoms with Crippen LogP contribution in [0.2, 0.25) is 0 Å². The highest BCUT2D eigenvalue weighted by Gasteiger charge is 2.26. The van der Waals surface area contributed by atoms with E-state index in [0.29, 0.717) is 0 Å². The Hall–Kier alpha value is -1.24. The quantitative estimate of drug-likeness (QED) is 0.730. The Morgan fingerprint density at radius 2 is 1.82 bits per heavy atom. The second-order valence-corrected chi connectivity index (χ2v) is 4.42. The lowest BCUT2D eigenvalue weighted by atomic mass is 10.1. The molecule has 0 aromatic carbocycles. The standard InChI is InChI=1S/C10H16F2O5/c1-10(2,3)17-7(13)4-6(8(14)15)5-16-9(11)12/h6,9H,4-5H2,1-3H3,(H,14,15)/t6-/m0/s1. The summed E-state index contributed by atoms with van der Waals surface area (Å²) in [7, 11) is 0. The summed E-state index contributed by atoms with van der Waals surface area (Å²) in [6.45, 7) is 1.07. The van der Waals surface area contributed by atoms with Crippen LogP contribution in [0.25, 0.3) is 0 Å². The van der Waals surface area contributed by atoms with Crippen molar-refractivity contribution >= 4 is 11.9 Å². The van der Waals surface area contributed by atoms with Gasteiger partial charge in [0.15, 0.2) is 0 Å². The molecule has 0 heterocycles. The van der Waals surface area contributed by atoms with Crippen LogP contribution in [-0.4, -0.2) is 35.9 Å². The number of rotatable bonds is 6. The van der Waals surface area contributed by atoms with E-state index >= 15 is 0 Å². The van der Waals surface area contributed by atoms with Gasteiger partial charge in [0.25, 0.3) is 0 Å². The first-order chi connectivity index (χ1) is 7.61. The van der Waals surface area contributed by atoms with Gasteiger partial charge in [0.05, 0.1) is 18.9 Å². The summed E-state index contributed by atoms with van der Waals surface area (Å²) in [6, 6.07) is 0. The average Bonchev–Trinajstić information content (AvgIpc) is 2.08. The maximum Gasteiger partial charge on any atom is 0.345 e. The van der Waals surface area contributed by atoms with Crippen molar-refractivity contribution in [2.24, 2.45) is 5.92 Å². The molecule has 0 unspecified atom stereocenters. The Kier molecular flexibility index (Phi) is 6.01. The minimum Gasteiger partial charge on any atom is -0.481 e. The maximum atomic E-state index is 11.7. The molecule has 0 aromatic heterocycles. The number of halogens is 2. The fourth-order valence-corrected chi connectivity index (χ4v) is 0.991. The number of hydrogen-bond acceptors (Lipinski definition) is 4. The Morgan fingerprint density at radius 1 is 1.29 bits per heavy atom. The molecule has 0 aliphatic heterocycles. The summed E-state index contributed by atoms with van der Waals surface area (Å²) in [5.41, 5.74) is -0.746. The first-order valence-corrected chi connectivity index (χ1v) is 4.96. The first-order valence-electron chi connectivity index (χ1n) is 4.96. The molecular formula is C10H16F2O5. The molecule has 0 radical (unpaired) electrons. The second kappa shape index (κ2) is 6.48. The second-order valence-electron chi connectivity index (χ2n) is 4.42. The number of esters is 1. The van der Waals surface area contributed by atoms with E-state index in [2.05, 4.69) is 4.74 Å². The van der Waals surface area contributed by atoms with Crippen LogP contribution in [0.15, 0.2) is 0 Å². The lowest BCUT2D eigenvalue weighted by Gasteiger charge is -2.20. The predicted molar refractivity (Wildman–Crippen MR) is 53.5 cm³/mol. The van der Waals surface area contributed by atoms with Crippen LogP contribution >= 0.6 is 0 Å². The molecule has 0 aromatic rings. The third-order valence-electron chi connectivity index (χ3n) is 1.61. The zero-order chi connectivity index (χ0) is 13.6. The van der Waals surface area contributed by atoms with E-state index in [0.717, 1.165) is 0 Å². The average molecular weight is 254 g/mol. The number of carboxylic acids is 1. The van der Waals surface area contributed by atoms with Gasteiger partial charge in [-0.3, -0.25) is 9.59 Å². The van der Waals surface area contributed by atoms with Gasteiger partial charge in [-0.1, -0.05) is 0 Å². The summed E-state index contributed by atoms with van der Waals surface area (Å²) in [4.78, 5) is 22.0. The molecule has 5 nitrogen and oxygen atoms in total. The molecule has 0 aliphatic rings. The number of ether oxygens (including phenoxy) is 2. The lowest BCUT2D eigenvalue weighted by Crippen LogP contribution is -2.29. The summed E-state index contributed by atoms with van der Waals surface area (Å²) < 4.78 is 32.2. The van der Waals surface area contributed by atoms with Crippen molar-refractivity contribution in [3.8, 4) is 0 Å². The van der Waals surface area contributed by atoms with E-state index in [4.69, 9.17) is 9.84 Å². The molecule has 0 saturated carbocycles. The maximum absolute atomic E-state index is 11.7. The van der Waals surface area contributed by atoms with E-state index in [1.54, 1.807) is 20.8 Å². The minimum absolute atomic E-state index is 0.501. The fourth-order valence-electron chi connectivity index (χ4n) is 0.991. The molecule has 1 atom stereocenters. The van der Waals surface area contributed by atoms with Crippen LogP contribution in [0.1, 0.15) is 27.2 Å². The van der Waals surface area contributed by atoms with Gasteiger partial charge < -0.3 is 14.6 Å². The van der Waals surface area contributed by atoms with Gasteiger partial charge in [0, 0.05) is 0 Å². The van der Waals surface area contributed by atoms with E-state index in [1.807, 2.05) is 0 Å². The summed E-state index contributed by atoms with van der Waals surface area (Å²) in [5.74, 6) is -3.47. The Labute approximate surface area is 97.7 Å². The van der Waals surface area contributed by atoms with Crippen LogP contribution in [-0.2, 0) is 19.1 Å². The van der Waals surface area contributed by atoms with Crippen molar-refractivity contribution in [2.45, 2.75) is 39.4 Å². The molecule has 17 heavy (non-hydrogen) atoms. The number of aliphatic carboxylic acids is 1. The van der Waals surface area contributed by atoms with E-state index in [-0.39, 0.29) is 0 Å². The number of carboxylic acid groups (broad SMARTS) is 1. The van der Waals surface area contributed by atoms with Gasteiger partial charge in [0.2, 0.25) is 0 Å². The van der Waals surface area contributed by atoms with Gasteiger partial charge in [-0.05, 0) is 20.8 Å². The largest absolute Gasteiger partial charge is 0.481 e. The van der Waals surface area contributed by atoms with E-state index < -0.39 is 43.1 Å². The molecule has 1 N–H and O–H groups in total. The molecule has 100 valence electrons. The zero-order valence-corrected chi connectivity index (χ0v) is 9.91. The van der Waals surface area contributed by atoms with E-state index in [9.17, 15) is 18.4 Å². The molecule has 0 aliphatic carbocycles. The van der Waals surface area contributed by atoms with Gasteiger partial charge in [-0.25, -0.2) is 0 Å². The molecule has 0 bridgehead atoms. The van der Waals surface area contributed by atoms with E-state index in [1.165, 1.54) is 0 Å². The number of carbonyl (C=O) groups is 2. The van der Waals surface area contributed by atoms with Gasteiger partial charge in [-0.15, -0.1) is 0 Å². The third-order valence-corrected chi connectivity index (χ3v) is 1.61. The van der Waals surface area contributed by atoms with Crippen LogP contribution < -0.4 is 0 Å². The summed E-state index contributed by atoms with van der Waals surface area (Å²) in [6.07, 6.45) is -0.501. The molecule has 0 rings (SSSR count). The van der Waals surface area contributed by atoms with Crippen molar-refractivity contribution in [3.63, 3.8) is 0 Å². The minimum atomic E-state index is -3.06. The van der Waals surface area contributed by atoms with Gasteiger partial charge >= 0.3 is 18.6 Å². The van der Waals surface area contributed by atoms with Crippen molar-refractivity contribution in [3.05, 3.63) is 0 Å². The summed E-state index contributed by atoms with van der Waals surface area (Å²) >= 11 is 0. The van der Waals surface area contributed by atoms with Crippen LogP contribution in [0.3, 0.4) is 0 Å². The highest BCUT2D eigenvalue weighted by atomic mass is 19.3. The number of hydrogen-bond donors (Lipinski definition) is 1. The van der Waals surface area contributed by atoms with Crippen molar-refractivity contribution in [1.29, 1.82) is 0 Å². The molecular weight excluding hydrogens is 238 g/mol. The predicted octanol–water partition coefficient (Wildman–Crippen LogP) is 1.66. The van der Waals surface area contributed by atoms with Crippen LogP contribution in [0.5, 0.6) is 0 Å². The lowest BCUT2D eigenvalue weighted by molar-refractivity contribution is -0.169. The molecule has 0 saturated heterocycles. The van der Waals surface area contributed by atoms with Crippen LogP contribution in [0.4, 0.5) is 8.78 Å². The highest BCUT2D eigenvalue weighted by molar-refractivity contribution is 5.79. The zero-order valence-electron chi connectivity index (χ0n) is 9.91. The molecule has 0 amide bonds. The third kappa shape index (κ3) is 8.56. The summed E-state index contributed by atoms with van der Waals surface area (Å²) in [5, 5.41) is 8.70. The highest BCUT2D eigenvalue weighted by Crippen LogP contribution is 2.13. The molecule has 0 spiro atoms. The van der Waals surface area contributed by atoms with Crippen molar-refractivity contribution < 1.29 is 33.0 Å². The first kappa shape index (κ1) is 15.8. The van der Waals surface area contributed by atoms with Crippen molar-refractivity contribution in [1.82, 2.24) is 0 Å². The molecule has 0 fully saturated rings. The monoisotopic (exact) mass is 254 g/mol. The number of alkyl halides is 2. The van der Waals surface area contributed by atoms with Crippen molar-refractivity contribution in [2.75, 3.05) is 6.61 Å². The Balaban J connectivity index is 4.26. The number of carbonyl (C=O) groups excluding carboxylic acids is 1. The topological polar surface area (TPSA) is 72.8 Å². The normalized spacial score (nSPS) is 13.5.